The van der Waals surface area contributed by atoms with Gasteiger partial charge in [-0.25, -0.2) is 0 Å². The maximum Gasteiger partial charge on any atom is 0.306 e. The first-order chi connectivity index (χ1) is 8.58. The van der Waals surface area contributed by atoms with Gasteiger partial charge in [0.1, 0.15) is 5.75 Å². The number of carbonyl (C=O) groups is 2. The van der Waals surface area contributed by atoms with Crippen LogP contribution in [0.25, 0.3) is 0 Å². The molecule has 1 aromatic carbocycles. The maximum absolute atomic E-state index is 12.2. The largest absolute Gasteiger partial charge is 0.492 e. The van der Waals surface area contributed by atoms with Crippen molar-refractivity contribution in [2.45, 2.75) is 26.4 Å². The molecule has 0 aliphatic carbocycles. The van der Waals surface area contributed by atoms with Crippen molar-refractivity contribution in [1.29, 1.82) is 0 Å². The molecule has 0 fully saturated rings. The van der Waals surface area contributed by atoms with Crippen molar-refractivity contribution in [2.24, 2.45) is 5.92 Å². The van der Waals surface area contributed by atoms with E-state index < -0.39 is 5.92 Å². The third kappa shape index (κ3) is 2.70. The van der Waals surface area contributed by atoms with Crippen molar-refractivity contribution in [3.63, 3.8) is 0 Å². The number of carbonyl (C=O) groups excluding carboxylic acids is 2. The number of benzene rings is 1. The molecule has 96 valence electrons. The van der Waals surface area contributed by atoms with Crippen LogP contribution in [0, 0.1) is 5.92 Å². The number of fused-ring (bicyclic) bond motifs is 1. The molecule has 0 aromatic heterocycles. The highest BCUT2D eigenvalue weighted by Gasteiger charge is 2.30. The number of ketones is 1. The van der Waals surface area contributed by atoms with E-state index in [1.807, 2.05) is 6.07 Å². The van der Waals surface area contributed by atoms with Gasteiger partial charge in [-0.3, -0.25) is 9.59 Å². The predicted octanol–water partition coefficient (Wildman–Crippen LogP) is 2.22. The molecule has 18 heavy (non-hydrogen) atoms. The lowest BCUT2D eigenvalue weighted by molar-refractivity contribution is -0.148. The summed E-state index contributed by atoms with van der Waals surface area (Å²) in [5.41, 5.74) is 0.547. The van der Waals surface area contributed by atoms with Gasteiger partial charge in [-0.05, 0) is 26.0 Å². The van der Waals surface area contributed by atoms with Gasteiger partial charge in [0.25, 0.3) is 0 Å². The molecule has 2 rings (SSSR count). The minimum atomic E-state index is -0.439. The van der Waals surface area contributed by atoms with Crippen LogP contribution in [0.3, 0.4) is 0 Å². The number of hydrogen-bond acceptors (Lipinski definition) is 4. The molecular formula is C14H16O4. The number of rotatable bonds is 3. The Morgan fingerprint density at radius 2 is 2.17 bits per heavy atom. The van der Waals surface area contributed by atoms with Crippen LogP contribution in [0.4, 0.5) is 0 Å². The number of esters is 1. The fraction of sp³-hybridized carbons (Fsp3) is 0.429. The highest BCUT2D eigenvalue weighted by Crippen LogP contribution is 2.28. The van der Waals surface area contributed by atoms with Crippen LogP contribution in [0.2, 0.25) is 0 Å². The van der Waals surface area contributed by atoms with Crippen molar-refractivity contribution in [3.8, 4) is 5.75 Å². The van der Waals surface area contributed by atoms with Gasteiger partial charge in [-0.2, -0.15) is 0 Å². The Kier molecular flexibility index (Phi) is 3.65. The smallest absolute Gasteiger partial charge is 0.306 e. The quantitative estimate of drug-likeness (QED) is 0.770. The SMILES string of the molecule is CC(C)OC(=O)C[C@@H]1COc2ccccc2C1=O. The second kappa shape index (κ2) is 5.21. The topological polar surface area (TPSA) is 52.6 Å². The summed E-state index contributed by atoms with van der Waals surface area (Å²) in [5.74, 6) is -0.244. The second-order valence-electron chi connectivity index (χ2n) is 4.61. The molecule has 1 aliphatic heterocycles. The van der Waals surface area contributed by atoms with Gasteiger partial charge in [0.2, 0.25) is 0 Å². The minimum Gasteiger partial charge on any atom is -0.492 e. The monoisotopic (exact) mass is 248 g/mol. The normalized spacial score (nSPS) is 18.2. The molecule has 0 bridgehead atoms. The van der Waals surface area contributed by atoms with Crippen LogP contribution in [0.1, 0.15) is 30.6 Å². The summed E-state index contributed by atoms with van der Waals surface area (Å²) in [6, 6.07) is 7.09. The van der Waals surface area contributed by atoms with Crippen molar-refractivity contribution in [1.82, 2.24) is 0 Å². The molecule has 0 unspecified atom stereocenters. The Bertz CT molecular complexity index is 465. The lowest BCUT2D eigenvalue weighted by Crippen LogP contribution is -2.30. The van der Waals surface area contributed by atoms with Gasteiger partial charge in [0, 0.05) is 0 Å². The van der Waals surface area contributed by atoms with Crippen LogP contribution in [0.5, 0.6) is 5.75 Å². The van der Waals surface area contributed by atoms with E-state index in [-0.39, 0.29) is 30.9 Å². The predicted molar refractivity (Wildman–Crippen MR) is 65.6 cm³/mol. The minimum absolute atomic E-state index is 0.0439. The van der Waals surface area contributed by atoms with E-state index in [2.05, 4.69) is 0 Å². The molecule has 0 saturated heterocycles. The van der Waals surface area contributed by atoms with Gasteiger partial charge in [-0.1, -0.05) is 12.1 Å². The lowest BCUT2D eigenvalue weighted by atomic mass is 9.92. The summed E-state index contributed by atoms with van der Waals surface area (Å²) >= 11 is 0. The second-order valence-corrected chi connectivity index (χ2v) is 4.61. The number of ether oxygens (including phenoxy) is 2. The lowest BCUT2D eigenvalue weighted by Gasteiger charge is -2.23. The number of hydrogen-bond donors (Lipinski definition) is 0. The van der Waals surface area contributed by atoms with Crippen molar-refractivity contribution in [3.05, 3.63) is 29.8 Å². The summed E-state index contributed by atoms with van der Waals surface area (Å²) in [5, 5.41) is 0. The van der Waals surface area contributed by atoms with Gasteiger partial charge in [-0.15, -0.1) is 0 Å². The third-order valence-corrected chi connectivity index (χ3v) is 2.74. The van der Waals surface area contributed by atoms with Gasteiger partial charge < -0.3 is 9.47 Å². The molecule has 0 radical (unpaired) electrons. The van der Waals surface area contributed by atoms with Crippen LogP contribution in [-0.4, -0.2) is 24.5 Å². The summed E-state index contributed by atoms with van der Waals surface area (Å²) in [7, 11) is 0. The zero-order valence-corrected chi connectivity index (χ0v) is 10.5. The molecule has 0 N–H and O–H groups in total. The Morgan fingerprint density at radius 1 is 1.44 bits per heavy atom. The Morgan fingerprint density at radius 3 is 2.89 bits per heavy atom. The van der Waals surface area contributed by atoms with Crippen LogP contribution >= 0.6 is 0 Å². The fourth-order valence-corrected chi connectivity index (χ4v) is 1.95. The Balaban J connectivity index is 2.06. The van der Waals surface area contributed by atoms with E-state index in [9.17, 15) is 9.59 Å². The highest BCUT2D eigenvalue weighted by atomic mass is 16.5. The average molecular weight is 248 g/mol. The van der Waals surface area contributed by atoms with Crippen molar-refractivity contribution >= 4 is 11.8 Å². The zero-order chi connectivity index (χ0) is 13.1. The molecule has 0 spiro atoms. The molecule has 4 nitrogen and oxygen atoms in total. The van der Waals surface area contributed by atoms with Gasteiger partial charge >= 0.3 is 5.97 Å². The highest BCUT2D eigenvalue weighted by molar-refractivity contribution is 6.02. The first-order valence-corrected chi connectivity index (χ1v) is 6.03. The summed E-state index contributed by atoms with van der Waals surface area (Å²) in [6.45, 7) is 3.81. The zero-order valence-electron chi connectivity index (χ0n) is 10.5. The Labute approximate surface area is 106 Å². The van der Waals surface area contributed by atoms with E-state index in [1.54, 1.807) is 32.0 Å². The van der Waals surface area contributed by atoms with E-state index in [1.165, 1.54) is 0 Å². The van der Waals surface area contributed by atoms with Gasteiger partial charge in [0.15, 0.2) is 5.78 Å². The van der Waals surface area contributed by atoms with Crippen LogP contribution in [0.15, 0.2) is 24.3 Å². The maximum atomic E-state index is 12.2. The Hall–Kier alpha value is -1.84. The molecule has 1 aliphatic rings. The molecular weight excluding hydrogens is 232 g/mol. The summed E-state index contributed by atoms with van der Waals surface area (Å²) in [6.07, 6.45) is -0.0878. The van der Waals surface area contributed by atoms with Crippen LogP contribution in [-0.2, 0) is 9.53 Å². The van der Waals surface area contributed by atoms with Crippen molar-refractivity contribution in [2.75, 3.05) is 6.61 Å². The molecule has 1 atom stereocenters. The van der Waals surface area contributed by atoms with E-state index in [0.717, 1.165) is 0 Å². The molecule has 0 saturated carbocycles. The van der Waals surface area contributed by atoms with E-state index >= 15 is 0 Å². The van der Waals surface area contributed by atoms with Crippen molar-refractivity contribution < 1.29 is 19.1 Å². The standard InChI is InChI=1S/C14H16O4/c1-9(2)18-13(15)7-10-8-17-12-6-4-3-5-11(12)14(10)16/h3-6,9-10H,7-8H2,1-2H3/t10-/m1/s1. The molecule has 1 heterocycles. The molecule has 4 heteroatoms. The van der Waals surface area contributed by atoms with Gasteiger partial charge in [0.05, 0.1) is 30.6 Å². The average Bonchev–Trinajstić information content (AvgIpc) is 2.32. The fourth-order valence-electron chi connectivity index (χ4n) is 1.95. The molecule has 0 amide bonds. The number of para-hydroxylation sites is 1. The first-order valence-electron chi connectivity index (χ1n) is 6.03. The first kappa shape index (κ1) is 12.6. The third-order valence-electron chi connectivity index (χ3n) is 2.74. The van der Waals surface area contributed by atoms with E-state index in [4.69, 9.17) is 9.47 Å². The number of Topliss-reactive ketones (excluding diaryl/α,β-unsaturated/α-hetero) is 1. The summed E-state index contributed by atoms with van der Waals surface area (Å²) < 4.78 is 10.5. The van der Waals surface area contributed by atoms with E-state index in [0.29, 0.717) is 11.3 Å². The van der Waals surface area contributed by atoms with Crippen LogP contribution < -0.4 is 4.74 Å². The summed E-state index contributed by atoms with van der Waals surface area (Å²) in [4.78, 5) is 23.7. The molecule has 1 aromatic rings.